The number of carbonyl (C=O) groups excluding carboxylic acids is 1. The maximum atomic E-state index is 13.3. The number of hydrogen-bond acceptors (Lipinski definition) is 4. The Kier molecular flexibility index (Phi) is 4.44. The molecule has 142 valence electrons. The molecule has 1 aromatic heterocycles. The van der Waals surface area contributed by atoms with Crippen molar-refractivity contribution in [1.82, 2.24) is 9.80 Å². The van der Waals surface area contributed by atoms with Crippen molar-refractivity contribution in [3.63, 3.8) is 0 Å². The van der Waals surface area contributed by atoms with Gasteiger partial charge in [-0.25, -0.2) is 4.79 Å². The van der Waals surface area contributed by atoms with Crippen LogP contribution in [0, 0.1) is 5.92 Å². The monoisotopic (exact) mass is 382 g/mol. The van der Waals surface area contributed by atoms with Crippen LogP contribution in [0.3, 0.4) is 0 Å². The maximum absolute atomic E-state index is 13.3. The van der Waals surface area contributed by atoms with Crippen molar-refractivity contribution in [3.05, 3.63) is 57.8 Å². The van der Waals surface area contributed by atoms with Gasteiger partial charge >= 0.3 is 6.09 Å². The molecule has 0 aliphatic carbocycles. The first-order chi connectivity index (χ1) is 13.2. The zero-order chi connectivity index (χ0) is 18.4. The number of carbonyl (C=O) groups is 1. The summed E-state index contributed by atoms with van der Waals surface area (Å²) in [6, 6.07) is 10.9. The van der Waals surface area contributed by atoms with Gasteiger partial charge < -0.3 is 4.74 Å². The van der Waals surface area contributed by atoms with Gasteiger partial charge in [-0.15, -0.1) is 0 Å². The molecule has 4 nitrogen and oxygen atoms in total. The molecule has 5 heteroatoms. The number of hydrogen-bond donors (Lipinski definition) is 0. The van der Waals surface area contributed by atoms with Crippen LogP contribution in [0.1, 0.15) is 42.5 Å². The molecule has 0 spiro atoms. The Morgan fingerprint density at radius 2 is 1.96 bits per heavy atom. The number of benzene rings is 1. The van der Waals surface area contributed by atoms with Crippen molar-refractivity contribution in [2.45, 2.75) is 44.4 Å². The molecule has 0 radical (unpaired) electrons. The van der Waals surface area contributed by atoms with Crippen LogP contribution in [0.5, 0.6) is 0 Å². The molecule has 4 aliphatic rings. The lowest BCUT2D eigenvalue weighted by Crippen LogP contribution is -2.58. The summed E-state index contributed by atoms with van der Waals surface area (Å²) < 4.78 is 6.17. The smallest absolute Gasteiger partial charge is 0.410 e. The molecule has 0 saturated carbocycles. The normalized spacial score (nSPS) is 32.2. The standard InChI is InChI=1S/C22H26N2O2S/c1-15-21(17-6-10-23(15)11-7-17)26-22(25)24-12-8-16-4-2-3-5-19(16)20(24)18-9-13-27-14-18/h2-5,9,13-15,17,20-21H,6-8,10-12H2,1H3. The Morgan fingerprint density at radius 1 is 1.15 bits per heavy atom. The van der Waals surface area contributed by atoms with Gasteiger partial charge in [0.2, 0.25) is 0 Å². The van der Waals surface area contributed by atoms with Crippen LogP contribution in [-0.4, -0.2) is 47.7 Å². The van der Waals surface area contributed by atoms with Crippen LogP contribution < -0.4 is 0 Å². The van der Waals surface area contributed by atoms with Crippen LogP contribution in [0.15, 0.2) is 41.1 Å². The number of fused-ring (bicyclic) bond motifs is 4. The van der Waals surface area contributed by atoms with Gasteiger partial charge in [0, 0.05) is 12.6 Å². The predicted molar refractivity (Wildman–Crippen MR) is 107 cm³/mol. The summed E-state index contributed by atoms with van der Waals surface area (Å²) in [5, 5.41) is 4.25. The maximum Gasteiger partial charge on any atom is 0.410 e. The van der Waals surface area contributed by atoms with Gasteiger partial charge in [-0.3, -0.25) is 9.80 Å². The van der Waals surface area contributed by atoms with Crippen molar-refractivity contribution >= 4 is 17.4 Å². The molecule has 5 heterocycles. The van der Waals surface area contributed by atoms with Gasteiger partial charge in [0.1, 0.15) is 6.10 Å². The summed E-state index contributed by atoms with van der Waals surface area (Å²) in [7, 11) is 0. The third-order valence-electron chi connectivity index (χ3n) is 6.70. The van der Waals surface area contributed by atoms with E-state index in [1.165, 1.54) is 16.7 Å². The van der Waals surface area contributed by atoms with E-state index in [2.05, 4.69) is 52.9 Å². The van der Waals surface area contributed by atoms with Crippen molar-refractivity contribution < 1.29 is 9.53 Å². The number of amides is 1. The lowest BCUT2D eigenvalue weighted by atomic mass is 9.81. The molecule has 6 rings (SSSR count). The molecule has 1 aromatic carbocycles. The average molecular weight is 383 g/mol. The van der Waals surface area contributed by atoms with E-state index in [0.29, 0.717) is 18.5 Å². The Labute approximate surface area is 164 Å². The Morgan fingerprint density at radius 3 is 2.70 bits per heavy atom. The van der Waals surface area contributed by atoms with Gasteiger partial charge in [-0.1, -0.05) is 24.3 Å². The Balaban J connectivity index is 1.42. The first kappa shape index (κ1) is 17.3. The highest BCUT2D eigenvalue weighted by Gasteiger charge is 2.43. The van der Waals surface area contributed by atoms with Crippen molar-refractivity contribution in [2.24, 2.45) is 5.92 Å². The number of nitrogens with zero attached hydrogens (tertiary/aromatic N) is 2. The van der Waals surface area contributed by atoms with E-state index in [0.717, 1.165) is 32.4 Å². The van der Waals surface area contributed by atoms with E-state index < -0.39 is 0 Å². The summed E-state index contributed by atoms with van der Waals surface area (Å²) >= 11 is 1.68. The number of piperidine rings is 3. The molecule has 3 atom stereocenters. The summed E-state index contributed by atoms with van der Waals surface area (Å²) in [5.41, 5.74) is 3.76. The fourth-order valence-corrected chi connectivity index (χ4v) is 5.87. The second-order valence-electron chi connectivity index (χ2n) is 8.06. The number of rotatable bonds is 2. The highest BCUT2D eigenvalue weighted by molar-refractivity contribution is 7.08. The molecule has 0 N–H and O–H groups in total. The predicted octanol–water partition coefficient (Wildman–Crippen LogP) is 4.31. The van der Waals surface area contributed by atoms with E-state index in [4.69, 9.17) is 4.74 Å². The molecule has 3 fully saturated rings. The third-order valence-corrected chi connectivity index (χ3v) is 7.41. The van der Waals surface area contributed by atoms with E-state index in [1.807, 2.05) is 4.90 Å². The molecule has 3 unspecified atom stereocenters. The summed E-state index contributed by atoms with van der Waals surface area (Å²) in [4.78, 5) is 17.7. The van der Waals surface area contributed by atoms with E-state index in [-0.39, 0.29) is 18.2 Å². The summed E-state index contributed by atoms with van der Waals surface area (Å²) in [5.74, 6) is 0.519. The quantitative estimate of drug-likeness (QED) is 0.776. The molecule has 27 heavy (non-hydrogen) atoms. The first-order valence-corrected chi connectivity index (χ1v) is 11.0. The molecule has 4 aliphatic heterocycles. The lowest BCUT2D eigenvalue weighted by molar-refractivity contribution is -0.0803. The largest absolute Gasteiger partial charge is 0.444 e. The molecular formula is C22H26N2O2S. The van der Waals surface area contributed by atoms with Crippen LogP contribution in [0.2, 0.25) is 0 Å². The molecular weight excluding hydrogens is 356 g/mol. The van der Waals surface area contributed by atoms with Gasteiger partial charge in [-0.2, -0.15) is 11.3 Å². The second-order valence-corrected chi connectivity index (χ2v) is 8.84. The molecule has 2 bridgehead atoms. The number of ether oxygens (including phenoxy) is 1. The molecule has 3 saturated heterocycles. The van der Waals surface area contributed by atoms with E-state index in [1.54, 1.807) is 11.3 Å². The fourth-order valence-electron chi connectivity index (χ4n) is 5.19. The zero-order valence-electron chi connectivity index (χ0n) is 15.7. The minimum atomic E-state index is -0.147. The van der Waals surface area contributed by atoms with Crippen molar-refractivity contribution in [2.75, 3.05) is 19.6 Å². The van der Waals surface area contributed by atoms with Gasteiger partial charge in [0.25, 0.3) is 0 Å². The average Bonchev–Trinajstić information content (AvgIpc) is 3.24. The van der Waals surface area contributed by atoms with Crippen molar-refractivity contribution in [1.29, 1.82) is 0 Å². The molecule has 1 amide bonds. The Hall–Kier alpha value is -1.85. The lowest BCUT2D eigenvalue weighted by Gasteiger charge is -2.49. The summed E-state index contributed by atoms with van der Waals surface area (Å²) in [6.45, 7) is 5.22. The highest BCUT2D eigenvalue weighted by atomic mass is 32.1. The molecule has 2 aromatic rings. The van der Waals surface area contributed by atoms with Gasteiger partial charge in [0.15, 0.2) is 0 Å². The SMILES string of the molecule is CC1C(OC(=O)N2CCc3ccccc3C2c2ccsc2)C2CCN1CC2. The van der Waals surface area contributed by atoms with E-state index >= 15 is 0 Å². The van der Waals surface area contributed by atoms with Crippen LogP contribution in [0.25, 0.3) is 0 Å². The first-order valence-electron chi connectivity index (χ1n) is 10.0. The highest BCUT2D eigenvalue weighted by Crippen LogP contribution is 2.38. The Bertz CT molecular complexity index is 811. The topological polar surface area (TPSA) is 32.8 Å². The van der Waals surface area contributed by atoms with Crippen molar-refractivity contribution in [3.8, 4) is 0 Å². The minimum Gasteiger partial charge on any atom is -0.444 e. The van der Waals surface area contributed by atoms with E-state index in [9.17, 15) is 4.79 Å². The van der Waals surface area contributed by atoms with Gasteiger partial charge in [0.05, 0.1) is 6.04 Å². The van der Waals surface area contributed by atoms with Gasteiger partial charge in [-0.05, 0) is 78.7 Å². The van der Waals surface area contributed by atoms with Crippen LogP contribution in [0.4, 0.5) is 4.79 Å². The van der Waals surface area contributed by atoms with Crippen LogP contribution >= 0.6 is 11.3 Å². The number of thiophene rings is 1. The van der Waals surface area contributed by atoms with Crippen LogP contribution in [-0.2, 0) is 11.2 Å². The fraction of sp³-hybridized carbons (Fsp3) is 0.500. The second kappa shape index (κ2) is 6.95. The summed E-state index contributed by atoms with van der Waals surface area (Å²) in [6.07, 6.45) is 3.08. The minimum absolute atomic E-state index is 0.0281. The zero-order valence-corrected chi connectivity index (χ0v) is 16.5. The third kappa shape index (κ3) is 2.97.